The Morgan fingerprint density at radius 3 is 2.48 bits per heavy atom. The quantitative estimate of drug-likeness (QED) is 0.448. The van der Waals surface area contributed by atoms with Gasteiger partial charge in [-0.05, 0) is 45.7 Å². The predicted octanol–water partition coefficient (Wildman–Crippen LogP) is 3.43. The average Bonchev–Trinajstić information content (AvgIpc) is 2.33. The van der Waals surface area contributed by atoms with Gasteiger partial charge >= 0.3 is 0 Å². The standard InChI is InChI=1S/C16H27N3O.HI/c1-12(2)19-15(17)18-10-13-7-6-8-14(9-13)11-20-16(3,4)5;/h6-9,12H,10-11H2,1-5H3,(H3,17,18,19);1H. The minimum absolute atomic E-state index is 0. The first-order valence-corrected chi connectivity index (χ1v) is 7.04. The van der Waals surface area contributed by atoms with Crippen LogP contribution in [0.25, 0.3) is 0 Å². The minimum atomic E-state index is -0.125. The van der Waals surface area contributed by atoms with E-state index in [1.54, 1.807) is 0 Å². The summed E-state index contributed by atoms with van der Waals surface area (Å²) in [6.07, 6.45) is 0. The summed E-state index contributed by atoms with van der Waals surface area (Å²) in [4.78, 5) is 4.33. The molecule has 0 saturated carbocycles. The fourth-order valence-corrected chi connectivity index (χ4v) is 1.64. The highest BCUT2D eigenvalue weighted by molar-refractivity contribution is 14.0. The molecule has 0 spiro atoms. The monoisotopic (exact) mass is 405 g/mol. The molecule has 0 saturated heterocycles. The summed E-state index contributed by atoms with van der Waals surface area (Å²) >= 11 is 0. The van der Waals surface area contributed by atoms with Crippen molar-refractivity contribution in [3.63, 3.8) is 0 Å². The van der Waals surface area contributed by atoms with Crippen LogP contribution in [-0.2, 0) is 17.9 Å². The summed E-state index contributed by atoms with van der Waals surface area (Å²) in [5.41, 5.74) is 7.95. The maximum absolute atomic E-state index is 5.79. The summed E-state index contributed by atoms with van der Waals surface area (Å²) in [6.45, 7) is 11.4. The van der Waals surface area contributed by atoms with Crippen molar-refractivity contribution in [1.82, 2.24) is 5.32 Å². The lowest BCUT2D eigenvalue weighted by Crippen LogP contribution is -2.36. The van der Waals surface area contributed by atoms with E-state index in [0.717, 1.165) is 11.1 Å². The van der Waals surface area contributed by atoms with Crippen LogP contribution in [0.1, 0.15) is 45.7 Å². The van der Waals surface area contributed by atoms with Crippen molar-refractivity contribution < 1.29 is 4.74 Å². The Hall–Kier alpha value is -0.820. The van der Waals surface area contributed by atoms with E-state index in [1.165, 1.54) is 0 Å². The Kier molecular flexibility index (Phi) is 8.89. The van der Waals surface area contributed by atoms with Crippen LogP contribution in [0.3, 0.4) is 0 Å². The summed E-state index contributed by atoms with van der Waals surface area (Å²) in [5.74, 6) is 0.483. The summed E-state index contributed by atoms with van der Waals surface area (Å²) < 4.78 is 5.78. The molecule has 0 amide bonds. The van der Waals surface area contributed by atoms with Gasteiger partial charge < -0.3 is 15.8 Å². The van der Waals surface area contributed by atoms with E-state index in [9.17, 15) is 0 Å². The molecule has 3 N–H and O–H groups in total. The normalized spacial score (nSPS) is 12.2. The molecule has 0 fully saturated rings. The van der Waals surface area contributed by atoms with Gasteiger partial charge in [0.05, 0.1) is 18.8 Å². The smallest absolute Gasteiger partial charge is 0.189 e. The van der Waals surface area contributed by atoms with Gasteiger partial charge in [0.1, 0.15) is 0 Å². The SMILES string of the molecule is CC(C)NC(N)=NCc1cccc(COC(C)(C)C)c1.I. The molecule has 1 rings (SSSR count). The van der Waals surface area contributed by atoms with Crippen molar-refractivity contribution >= 4 is 29.9 Å². The summed E-state index contributed by atoms with van der Waals surface area (Å²) in [6, 6.07) is 8.54. The molecule has 1 aromatic carbocycles. The van der Waals surface area contributed by atoms with Crippen molar-refractivity contribution in [2.75, 3.05) is 0 Å². The van der Waals surface area contributed by atoms with Crippen molar-refractivity contribution in [1.29, 1.82) is 0 Å². The van der Waals surface area contributed by atoms with Gasteiger partial charge in [0.25, 0.3) is 0 Å². The lowest BCUT2D eigenvalue weighted by atomic mass is 10.1. The van der Waals surface area contributed by atoms with E-state index in [0.29, 0.717) is 25.2 Å². The molecule has 0 aromatic heterocycles. The van der Waals surface area contributed by atoms with Crippen molar-refractivity contribution in [2.24, 2.45) is 10.7 Å². The highest BCUT2D eigenvalue weighted by Crippen LogP contribution is 2.13. The number of hydrogen-bond acceptors (Lipinski definition) is 2. The lowest BCUT2D eigenvalue weighted by Gasteiger charge is -2.19. The van der Waals surface area contributed by atoms with Gasteiger partial charge in [0.2, 0.25) is 0 Å². The van der Waals surface area contributed by atoms with E-state index in [2.05, 4.69) is 43.2 Å². The van der Waals surface area contributed by atoms with E-state index in [4.69, 9.17) is 10.5 Å². The molecule has 0 aliphatic carbocycles. The van der Waals surface area contributed by atoms with Crippen LogP contribution in [0.4, 0.5) is 0 Å². The maximum atomic E-state index is 5.79. The molecular weight excluding hydrogens is 377 g/mol. The molecule has 0 radical (unpaired) electrons. The molecule has 0 aliphatic heterocycles. The third-order valence-corrected chi connectivity index (χ3v) is 2.53. The number of guanidine groups is 1. The number of nitrogens with two attached hydrogens (primary N) is 1. The predicted molar refractivity (Wildman–Crippen MR) is 100.0 cm³/mol. The topological polar surface area (TPSA) is 59.6 Å². The van der Waals surface area contributed by atoms with Gasteiger partial charge in [-0.15, -0.1) is 24.0 Å². The van der Waals surface area contributed by atoms with Gasteiger partial charge in [-0.3, -0.25) is 0 Å². The highest BCUT2D eigenvalue weighted by atomic mass is 127. The van der Waals surface area contributed by atoms with Crippen LogP contribution in [0.2, 0.25) is 0 Å². The van der Waals surface area contributed by atoms with Crippen LogP contribution in [0.5, 0.6) is 0 Å². The number of rotatable bonds is 5. The molecule has 4 nitrogen and oxygen atoms in total. The molecule has 5 heteroatoms. The molecular formula is C16H28IN3O. The number of ether oxygens (including phenoxy) is 1. The molecule has 21 heavy (non-hydrogen) atoms. The molecule has 0 aliphatic rings. The second kappa shape index (κ2) is 9.25. The highest BCUT2D eigenvalue weighted by Gasteiger charge is 2.10. The van der Waals surface area contributed by atoms with E-state index < -0.39 is 0 Å². The maximum Gasteiger partial charge on any atom is 0.189 e. The zero-order valence-electron chi connectivity index (χ0n) is 13.6. The number of nitrogens with zero attached hydrogens (tertiary/aromatic N) is 1. The van der Waals surface area contributed by atoms with Gasteiger partial charge in [-0.25, -0.2) is 4.99 Å². The minimum Gasteiger partial charge on any atom is -0.371 e. The zero-order valence-corrected chi connectivity index (χ0v) is 16.0. The number of hydrogen-bond donors (Lipinski definition) is 2. The summed E-state index contributed by atoms with van der Waals surface area (Å²) in [7, 11) is 0. The first-order chi connectivity index (χ1) is 9.26. The molecule has 1 aromatic rings. The fourth-order valence-electron chi connectivity index (χ4n) is 1.64. The fraction of sp³-hybridized carbons (Fsp3) is 0.562. The van der Waals surface area contributed by atoms with Crippen molar-refractivity contribution in [2.45, 2.75) is 59.4 Å². The Bertz CT molecular complexity index is 453. The molecule has 0 atom stereocenters. The van der Waals surface area contributed by atoms with E-state index in [-0.39, 0.29) is 29.6 Å². The van der Waals surface area contributed by atoms with Crippen molar-refractivity contribution in [3.05, 3.63) is 35.4 Å². The van der Waals surface area contributed by atoms with Crippen LogP contribution in [0, 0.1) is 0 Å². The largest absolute Gasteiger partial charge is 0.371 e. The van der Waals surface area contributed by atoms with Gasteiger partial charge in [-0.1, -0.05) is 24.3 Å². The number of aliphatic imine (C=N–C) groups is 1. The van der Waals surface area contributed by atoms with Crippen LogP contribution >= 0.6 is 24.0 Å². The van der Waals surface area contributed by atoms with Crippen molar-refractivity contribution in [3.8, 4) is 0 Å². The second-order valence-electron chi connectivity index (χ2n) is 6.22. The lowest BCUT2D eigenvalue weighted by molar-refractivity contribution is -0.0149. The zero-order chi connectivity index (χ0) is 15.2. The van der Waals surface area contributed by atoms with Crippen LogP contribution in [-0.4, -0.2) is 17.6 Å². The van der Waals surface area contributed by atoms with Gasteiger partial charge in [0.15, 0.2) is 5.96 Å². The van der Waals surface area contributed by atoms with Gasteiger partial charge in [0, 0.05) is 6.04 Å². The molecule has 0 bridgehead atoms. The number of benzene rings is 1. The number of nitrogens with one attached hydrogen (secondary N) is 1. The van der Waals surface area contributed by atoms with E-state index in [1.807, 2.05) is 26.0 Å². The third kappa shape index (κ3) is 9.68. The van der Waals surface area contributed by atoms with Crippen LogP contribution < -0.4 is 11.1 Å². The molecule has 0 heterocycles. The second-order valence-corrected chi connectivity index (χ2v) is 6.22. The molecule has 0 unspecified atom stereocenters. The first kappa shape index (κ1) is 20.2. The van der Waals surface area contributed by atoms with E-state index >= 15 is 0 Å². The third-order valence-electron chi connectivity index (χ3n) is 2.53. The average molecular weight is 405 g/mol. The number of halogens is 1. The Labute approximate surface area is 145 Å². The Morgan fingerprint density at radius 2 is 1.90 bits per heavy atom. The van der Waals surface area contributed by atoms with Crippen LogP contribution in [0.15, 0.2) is 29.3 Å². The Morgan fingerprint density at radius 1 is 1.29 bits per heavy atom. The van der Waals surface area contributed by atoms with Gasteiger partial charge in [-0.2, -0.15) is 0 Å². The Balaban J connectivity index is 0.00000400. The first-order valence-electron chi connectivity index (χ1n) is 7.04. The summed E-state index contributed by atoms with van der Waals surface area (Å²) in [5, 5.41) is 3.08. The molecule has 120 valence electrons.